The highest BCUT2D eigenvalue weighted by atomic mass is 79.9. The van der Waals surface area contributed by atoms with Gasteiger partial charge in [-0.2, -0.15) is 0 Å². The number of benzene rings is 1. The second kappa shape index (κ2) is 2.75. The van der Waals surface area contributed by atoms with Crippen LogP contribution in [0.1, 0.15) is 5.56 Å². The van der Waals surface area contributed by atoms with Gasteiger partial charge in [-0.15, -0.1) is 11.3 Å². The molecule has 2 rings (SSSR count). The zero-order chi connectivity index (χ0) is 8.72. The minimum atomic E-state index is 0.809. The molecule has 0 atom stereocenters. The van der Waals surface area contributed by atoms with Crippen molar-refractivity contribution >= 4 is 43.0 Å². The van der Waals surface area contributed by atoms with Crippen molar-refractivity contribution in [2.75, 3.05) is 5.73 Å². The van der Waals surface area contributed by atoms with Gasteiger partial charge in [0.25, 0.3) is 0 Å². The largest absolute Gasteiger partial charge is 0.398 e. The molecular weight excluding hydrogens is 234 g/mol. The minimum Gasteiger partial charge on any atom is -0.398 e. The lowest BCUT2D eigenvalue weighted by Gasteiger charge is -1.99. The summed E-state index contributed by atoms with van der Waals surface area (Å²) >= 11 is 5.24. The van der Waals surface area contributed by atoms with Crippen LogP contribution in [0.4, 0.5) is 5.69 Å². The molecule has 1 nitrogen and oxygen atoms in total. The quantitative estimate of drug-likeness (QED) is 0.702. The van der Waals surface area contributed by atoms with Gasteiger partial charge in [0.2, 0.25) is 0 Å². The molecule has 0 fully saturated rings. The van der Waals surface area contributed by atoms with Crippen molar-refractivity contribution in [1.82, 2.24) is 0 Å². The Labute approximate surface area is 83.3 Å². The monoisotopic (exact) mass is 241 g/mol. The summed E-state index contributed by atoms with van der Waals surface area (Å²) in [4.78, 5) is 0. The highest BCUT2D eigenvalue weighted by molar-refractivity contribution is 9.10. The Morgan fingerprint density at radius 1 is 1.42 bits per heavy atom. The van der Waals surface area contributed by atoms with Gasteiger partial charge in [-0.1, -0.05) is 0 Å². The second-order valence-electron chi connectivity index (χ2n) is 2.76. The molecule has 1 aromatic carbocycles. The van der Waals surface area contributed by atoms with E-state index in [0.717, 1.165) is 10.2 Å². The summed E-state index contributed by atoms with van der Waals surface area (Å²) in [5.74, 6) is 0. The van der Waals surface area contributed by atoms with Gasteiger partial charge in [0.15, 0.2) is 0 Å². The highest BCUT2D eigenvalue weighted by Crippen LogP contribution is 2.35. The predicted octanol–water partition coefficient (Wildman–Crippen LogP) is 3.55. The van der Waals surface area contributed by atoms with Crippen LogP contribution in [0.2, 0.25) is 0 Å². The van der Waals surface area contributed by atoms with Crippen LogP contribution in [0.25, 0.3) is 10.1 Å². The van der Waals surface area contributed by atoms with E-state index in [1.54, 1.807) is 11.3 Å². The Kier molecular flexibility index (Phi) is 1.85. The molecule has 1 heterocycles. The lowest BCUT2D eigenvalue weighted by Crippen LogP contribution is -1.85. The third-order valence-corrected chi connectivity index (χ3v) is 3.81. The molecule has 2 aromatic rings. The van der Waals surface area contributed by atoms with Crippen LogP contribution in [0.3, 0.4) is 0 Å². The molecule has 0 aliphatic carbocycles. The fourth-order valence-corrected chi connectivity index (χ4v) is 2.99. The summed E-state index contributed by atoms with van der Waals surface area (Å²) in [6.45, 7) is 2.10. The van der Waals surface area contributed by atoms with Crippen LogP contribution < -0.4 is 5.73 Å². The second-order valence-corrected chi connectivity index (χ2v) is 4.46. The van der Waals surface area contributed by atoms with E-state index in [1.165, 1.54) is 15.6 Å². The van der Waals surface area contributed by atoms with E-state index in [2.05, 4.69) is 34.3 Å². The SMILES string of the molecule is Cc1csc2ccc(N)c(Br)c12. The van der Waals surface area contributed by atoms with Gasteiger partial charge < -0.3 is 5.73 Å². The van der Waals surface area contributed by atoms with E-state index in [-0.39, 0.29) is 0 Å². The number of halogens is 1. The average Bonchev–Trinajstić information content (AvgIpc) is 2.41. The fraction of sp³-hybridized carbons (Fsp3) is 0.111. The van der Waals surface area contributed by atoms with Crippen molar-refractivity contribution in [1.29, 1.82) is 0 Å². The fourth-order valence-electron chi connectivity index (χ4n) is 1.25. The van der Waals surface area contributed by atoms with Crippen molar-refractivity contribution in [2.45, 2.75) is 6.92 Å². The number of anilines is 1. The van der Waals surface area contributed by atoms with E-state index >= 15 is 0 Å². The summed E-state index contributed by atoms with van der Waals surface area (Å²) in [6, 6.07) is 4.00. The first-order valence-electron chi connectivity index (χ1n) is 3.62. The first-order valence-corrected chi connectivity index (χ1v) is 5.29. The zero-order valence-electron chi connectivity index (χ0n) is 6.60. The maximum absolute atomic E-state index is 5.77. The summed E-state index contributed by atoms with van der Waals surface area (Å²) in [5, 5.41) is 3.40. The molecule has 0 unspecified atom stereocenters. The molecule has 12 heavy (non-hydrogen) atoms. The number of hydrogen-bond acceptors (Lipinski definition) is 2. The average molecular weight is 242 g/mol. The first kappa shape index (κ1) is 8.08. The molecule has 0 amide bonds. The van der Waals surface area contributed by atoms with Crippen molar-refractivity contribution in [2.24, 2.45) is 0 Å². The van der Waals surface area contributed by atoms with Gasteiger partial charge in [0.05, 0.1) is 0 Å². The number of aryl methyl sites for hydroxylation is 1. The van der Waals surface area contributed by atoms with Crippen LogP contribution in [0.5, 0.6) is 0 Å². The van der Waals surface area contributed by atoms with Gasteiger partial charge in [-0.05, 0) is 45.9 Å². The maximum atomic E-state index is 5.77. The minimum absolute atomic E-state index is 0.809. The number of nitrogen functional groups attached to an aromatic ring is 1. The van der Waals surface area contributed by atoms with Crippen molar-refractivity contribution in [3.63, 3.8) is 0 Å². The van der Waals surface area contributed by atoms with E-state index in [9.17, 15) is 0 Å². The number of fused-ring (bicyclic) bond motifs is 1. The topological polar surface area (TPSA) is 26.0 Å². The summed E-state index contributed by atoms with van der Waals surface area (Å²) in [7, 11) is 0. The van der Waals surface area contributed by atoms with E-state index in [4.69, 9.17) is 5.73 Å². The first-order chi connectivity index (χ1) is 5.70. The van der Waals surface area contributed by atoms with Gasteiger partial charge in [-0.3, -0.25) is 0 Å². The molecule has 0 saturated heterocycles. The normalized spacial score (nSPS) is 10.8. The Balaban J connectivity index is 2.96. The Morgan fingerprint density at radius 3 is 2.92 bits per heavy atom. The van der Waals surface area contributed by atoms with Gasteiger partial charge in [-0.25, -0.2) is 0 Å². The maximum Gasteiger partial charge on any atom is 0.0494 e. The lowest BCUT2D eigenvalue weighted by atomic mass is 10.2. The number of thiophene rings is 1. The molecule has 2 N–H and O–H groups in total. The lowest BCUT2D eigenvalue weighted by molar-refractivity contribution is 1.58. The Bertz CT molecular complexity index is 433. The van der Waals surface area contributed by atoms with Crippen LogP contribution in [-0.2, 0) is 0 Å². The standard InChI is InChI=1S/C9H8BrNS/c1-5-4-12-7-3-2-6(11)9(10)8(5)7/h2-4H,11H2,1H3. The van der Waals surface area contributed by atoms with Gasteiger partial charge in [0.1, 0.15) is 0 Å². The van der Waals surface area contributed by atoms with Crippen molar-refractivity contribution in [3.8, 4) is 0 Å². The number of rotatable bonds is 0. The zero-order valence-corrected chi connectivity index (χ0v) is 9.00. The molecule has 0 bridgehead atoms. The molecule has 3 heteroatoms. The number of hydrogen-bond donors (Lipinski definition) is 1. The molecule has 0 aliphatic rings. The van der Waals surface area contributed by atoms with Crippen molar-refractivity contribution in [3.05, 3.63) is 27.5 Å². The molecular formula is C9H8BrNS. The van der Waals surface area contributed by atoms with Crippen LogP contribution in [-0.4, -0.2) is 0 Å². The van der Waals surface area contributed by atoms with E-state index < -0.39 is 0 Å². The predicted molar refractivity (Wildman–Crippen MR) is 58.7 cm³/mol. The Hall–Kier alpha value is -0.540. The molecule has 1 aromatic heterocycles. The smallest absolute Gasteiger partial charge is 0.0494 e. The van der Waals surface area contributed by atoms with Crippen LogP contribution in [0, 0.1) is 6.92 Å². The molecule has 0 radical (unpaired) electrons. The number of nitrogens with two attached hydrogens (primary N) is 1. The van der Waals surface area contributed by atoms with Crippen molar-refractivity contribution < 1.29 is 0 Å². The molecule has 0 spiro atoms. The summed E-state index contributed by atoms with van der Waals surface area (Å²) in [5.41, 5.74) is 7.87. The Morgan fingerprint density at radius 2 is 2.17 bits per heavy atom. The molecule has 0 aliphatic heterocycles. The van der Waals surface area contributed by atoms with Gasteiger partial charge in [0, 0.05) is 20.2 Å². The molecule has 0 saturated carbocycles. The van der Waals surface area contributed by atoms with Crippen LogP contribution in [0.15, 0.2) is 22.0 Å². The van der Waals surface area contributed by atoms with Crippen LogP contribution >= 0.6 is 27.3 Å². The van der Waals surface area contributed by atoms with E-state index in [1.807, 2.05) is 6.07 Å². The molecule has 62 valence electrons. The third kappa shape index (κ3) is 1.04. The summed E-state index contributed by atoms with van der Waals surface area (Å²) in [6.07, 6.45) is 0. The third-order valence-electron chi connectivity index (χ3n) is 1.89. The summed E-state index contributed by atoms with van der Waals surface area (Å²) < 4.78 is 2.31. The van der Waals surface area contributed by atoms with Gasteiger partial charge >= 0.3 is 0 Å². The van der Waals surface area contributed by atoms with E-state index in [0.29, 0.717) is 0 Å². The highest BCUT2D eigenvalue weighted by Gasteiger charge is 2.05.